The molecule has 1 aromatic rings. The molecule has 0 aromatic carbocycles. The van der Waals surface area contributed by atoms with Crippen LogP contribution in [0.25, 0.3) is 0 Å². The smallest absolute Gasteiger partial charge is 0.112 e. The van der Waals surface area contributed by atoms with Gasteiger partial charge in [-0.1, -0.05) is 5.92 Å². The van der Waals surface area contributed by atoms with Crippen LogP contribution in [0.2, 0.25) is 0 Å². The van der Waals surface area contributed by atoms with Gasteiger partial charge in [-0.2, -0.15) is 0 Å². The molecule has 0 amide bonds. The van der Waals surface area contributed by atoms with Crippen molar-refractivity contribution < 1.29 is 0 Å². The van der Waals surface area contributed by atoms with Crippen LogP contribution in [0.1, 0.15) is 5.69 Å². The van der Waals surface area contributed by atoms with Crippen LogP contribution in [0.15, 0.2) is 22.8 Å². The Morgan fingerprint density at radius 1 is 1.56 bits per heavy atom. The van der Waals surface area contributed by atoms with Crippen molar-refractivity contribution in [3.8, 4) is 12.3 Å². The van der Waals surface area contributed by atoms with Crippen LogP contribution < -0.4 is 0 Å². The van der Waals surface area contributed by atoms with E-state index in [4.69, 9.17) is 6.42 Å². The zero-order valence-electron chi connectivity index (χ0n) is 4.63. The average molecular weight is 182 g/mol. The summed E-state index contributed by atoms with van der Waals surface area (Å²) in [5, 5.41) is 0. The molecular formula is C7H4BrN. The van der Waals surface area contributed by atoms with Crippen molar-refractivity contribution in [3.63, 3.8) is 0 Å². The lowest BCUT2D eigenvalue weighted by Crippen LogP contribution is -1.77. The first-order valence-electron chi connectivity index (χ1n) is 2.41. The lowest BCUT2D eigenvalue weighted by Gasteiger charge is -1.87. The van der Waals surface area contributed by atoms with E-state index < -0.39 is 0 Å². The molecule has 0 unspecified atom stereocenters. The second-order valence-electron chi connectivity index (χ2n) is 1.51. The van der Waals surface area contributed by atoms with E-state index >= 15 is 0 Å². The Hall–Kier alpha value is -0.810. The Labute approximate surface area is 62.2 Å². The van der Waals surface area contributed by atoms with Gasteiger partial charge in [-0.05, 0) is 28.1 Å². The Balaban J connectivity index is 3.06. The summed E-state index contributed by atoms with van der Waals surface area (Å²) < 4.78 is 0.946. The van der Waals surface area contributed by atoms with Crippen LogP contribution in [0.4, 0.5) is 0 Å². The number of rotatable bonds is 0. The molecule has 0 bridgehead atoms. The van der Waals surface area contributed by atoms with Gasteiger partial charge in [0.05, 0.1) is 0 Å². The van der Waals surface area contributed by atoms with Gasteiger partial charge in [-0.3, -0.25) is 0 Å². The minimum atomic E-state index is 0.665. The van der Waals surface area contributed by atoms with Crippen LogP contribution in [0.5, 0.6) is 0 Å². The fraction of sp³-hybridized carbons (Fsp3) is 0. The van der Waals surface area contributed by atoms with Gasteiger partial charge in [0, 0.05) is 10.7 Å². The molecule has 0 aliphatic rings. The van der Waals surface area contributed by atoms with Crippen molar-refractivity contribution in [2.75, 3.05) is 0 Å². The Morgan fingerprint density at radius 3 is 2.78 bits per heavy atom. The summed E-state index contributed by atoms with van der Waals surface area (Å²) in [7, 11) is 0. The van der Waals surface area contributed by atoms with E-state index in [1.54, 1.807) is 12.3 Å². The van der Waals surface area contributed by atoms with E-state index in [1.165, 1.54) is 0 Å². The zero-order chi connectivity index (χ0) is 6.69. The third kappa shape index (κ3) is 1.55. The molecule has 1 aromatic heterocycles. The molecular weight excluding hydrogens is 178 g/mol. The van der Waals surface area contributed by atoms with E-state index in [1.807, 2.05) is 6.07 Å². The van der Waals surface area contributed by atoms with Crippen LogP contribution in [0.3, 0.4) is 0 Å². The topological polar surface area (TPSA) is 12.9 Å². The van der Waals surface area contributed by atoms with Gasteiger partial charge in [0.15, 0.2) is 0 Å². The number of aromatic nitrogens is 1. The Bertz CT molecular complexity index is 232. The van der Waals surface area contributed by atoms with Crippen molar-refractivity contribution in [2.24, 2.45) is 0 Å². The maximum Gasteiger partial charge on any atom is 0.112 e. The number of terminal acetylenes is 1. The molecule has 0 saturated heterocycles. The minimum Gasteiger partial charge on any atom is -0.247 e. The van der Waals surface area contributed by atoms with Gasteiger partial charge >= 0.3 is 0 Å². The molecule has 1 nitrogen and oxygen atoms in total. The summed E-state index contributed by atoms with van der Waals surface area (Å²) in [6.07, 6.45) is 6.75. The first-order valence-corrected chi connectivity index (χ1v) is 3.20. The fourth-order valence-corrected chi connectivity index (χ4v) is 0.696. The van der Waals surface area contributed by atoms with E-state index in [-0.39, 0.29) is 0 Å². The molecule has 0 aliphatic carbocycles. The summed E-state index contributed by atoms with van der Waals surface area (Å²) in [6, 6.07) is 3.65. The number of halogens is 1. The third-order valence-electron chi connectivity index (χ3n) is 0.875. The van der Waals surface area contributed by atoms with E-state index in [9.17, 15) is 0 Å². The standard InChI is InChI=1S/C7H4BrN/c1-2-7-4-3-6(8)5-9-7/h1,3-5H. The van der Waals surface area contributed by atoms with Gasteiger partial charge in [-0.25, -0.2) is 4.98 Å². The summed E-state index contributed by atoms with van der Waals surface area (Å²) in [6.45, 7) is 0. The maximum absolute atomic E-state index is 5.07. The van der Waals surface area contributed by atoms with E-state index in [2.05, 4.69) is 26.8 Å². The normalized spacial score (nSPS) is 8.44. The molecule has 0 aliphatic heterocycles. The molecule has 44 valence electrons. The maximum atomic E-state index is 5.07. The van der Waals surface area contributed by atoms with Gasteiger partial charge in [0.25, 0.3) is 0 Å². The summed E-state index contributed by atoms with van der Waals surface area (Å²) >= 11 is 3.24. The first kappa shape index (κ1) is 6.31. The number of hydrogen-bond donors (Lipinski definition) is 0. The van der Waals surface area contributed by atoms with Crippen molar-refractivity contribution >= 4 is 15.9 Å². The zero-order valence-corrected chi connectivity index (χ0v) is 6.22. The highest BCUT2D eigenvalue weighted by Gasteiger charge is 1.85. The Kier molecular flexibility index (Phi) is 1.86. The lowest BCUT2D eigenvalue weighted by molar-refractivity contribution is 1.27. The lowest BCUT2D eigenvalue weighted by atomic mass is 10.4. The van der Waals surface area contributed by atoms with Gasteiger partial charge in [0.2, 0.25) is 0 Å². The minimum absolute atomic E-state index is 0.665. The van der Waals surface area contributed by atoms with E-state index in [0.29, 0.717) is 5.69 Å². The number of nitrogens with zero attached hydrogens (tertiary/aromatic N) is 1. The van der Waals surface area contributed by atoms with Gasteiger partial charge in [0.1, 0.15) is 5.69 Å². The summed E-state index contributed by atoms with van der Waals surface area (Å²) in [5.41, 5.74) is 0.665. The fourth-order valence-electron chi connectivity index (χ4n) is 0.461. The van der Waals surface area contributed by atoms with Crippen molar-refractivity contribution in [2.45, 2.75) is 0 Å². The quantitative estimate of drug-likeness (QED) is 0.557. The molecule has 0 spiro atoms. The number of pyridine rings is 1. The number of hydrogen-bond acceptors (Lipinski definition) is 1. The highest BCUT2D eigenvalue weighted by Crippen LogP contribution is 2.05. The molecule has 2 heteroatoms. The SMILES string of the molecule is C#Cc1ccc(Br)cn1. The molecule has 9 heavy (non-hydrogen) atoms. The highest BCUT2D eigenvalue weighted by molar-refractivity contribution is 9.10. The van der Waals surface area contributed by atoms with E-state index in [0.717, 1.165) is 4.47 Å². The first-order chi connectivity index (χ1) is 4.33. The summed E-state index contributed by atoms with van der Waals surface area (Å²) in [5.74, 6) is 2.42. The molecule has 1 heterocycles. The second-order valence-corrected chi connectivity index (χ2v) is 2.42. The highest BCUT2D eigenvalue weighted by atomic mass is 79.9. The molecule has 0 N–H and O–H groups in total. The largest absolute Gasteiger partial charge is 0.247 e. The molecule has 1 rings (SSSR count). The van der Waals surface area contributed by atoms with Gasteiger partial charge in [-0.15, -0.1) is 6.42 Å². The van der Waals surface area contributed by atoms with Crippen molar-refractivity contribution in [1.29, 1.82) is 0 Å². The molecule has 0 fully saturated rings. The summed E-state index contributed by atoms with van der Waals surface area (Å²) in [4.78, 5) is 3.91. The monoisotopic (exact) mass is 181 g/mol. The average Bonchev–Trinajstić information content (AvgIpc) is 1.90. The third-order valence-corrected chi connectivity index (χ3v) is 1.34. The van der Waals surface area contributed by atoms with Crippen LogP contribution in [-0.4, -0.2) is 4.98 Å². The van der Waals surface area contributed by atoms with Crippen LogP contribution >= 0.6 is 15.9 Å². The predicted molar refractivity (Wildman–Crippen MR) is 39.9 cm³/mol. The van der Waals surface area contributed by atoms with Gasteiger partial charge < -0.3 is 0 Å². The van der Waals surface area contributed by atoms with Crippen LogP contribution in [-0.2, 0) is 0 Å². The Morgan fingerprint density at radius 2 is 2.33 bits per heavy atom. The van der Waals surface area contributed by atoms with Crippen molar-refractivity contribution in [3.05, 3.63) is 28.5 Å². The molecule has 0 atom stereocenters. The van der Waals surface area contributed by atoms with Crippen molar-refractivity contribution in [1.82, 2.24) is 4.98 Å². The second kappa shape index (κ2) is 2.65. The molecule has 0 saturated carbocycles. The van der Waals surface area contributed by atoms with Crippen LogP contribution in [0, 0.1) is 12.3 Å². The predicted octanol–water partition coefficient (Wildman–Crippen LogP) is 1.83. The molecule has 0 radical (unpaired) electrons.